The molecule has 1 aliphatic heterocycles. The Morgan fingerprint density at radius 2 is 1.87 bits per heavy atom. The standard InChI is InChI=1S/C19H30ClNO2/c1-4-17-12-18(5-6-19(17)20)23-10-9-22-8-7-21-13-15(2)11-16(3)14-21/h5-6,12,15-16H,4,7-11,13-14H2,1-3H3/p+1/t15-,16-/m0/s1. The van der Waals surface area contributed by atoms with Gasteiger partial charge < -0.3 is 14.4 Å². The zero-order valence-electron chi connectivity index (χ0n) is 14.7. The molecule has 0 amide bonds. The summed E-state index contributed by atoms with van der Waals surface area (Å²) >= 11 is 6.11. The lowest BCUT2D eigenvalue weighted by Crippen LogP contribution is -3.14. The van der Waals surface area contributed by atoms with Crippen LogP contribution in [0.5, 0.6) is 5.75 Å². The SMILES string of the molecule is CCc1cc(OCCOCC[NH+]2C[C@@H](C)C[C@H](C)C2)ccc1Cl. The lowest BCUT2D eigenvalue weighted by molar-refractivity contribution is -0.912. The molecule has 0 unspecified atom stereocenters. The van der Waals surface area contributed by atoms with E-state index in [1.54, 1.807) is 4.90 Å². The molecule has 2 atom stereocenters. The maximum absolute atomic E-state index is 6.11. The zero-order valence-corrected chi connectivity index (χ0v) is 15.5. The van der Waals surface area contributed by atoms with Crippen molar-refractivity contribution in [2.45, 2.75) is 33.6 Å². The number of hydrogen-bond acceptors (Lipinski definition) is 2. The molecule has 1 aromatic carbocycles. The van der Waals surface area contributed by atoms with Crippen LogP contribution in [0.3, 0.4) is 0 Å². The quantitative estimate of drug-likeness (QED) is 0.735. The van der Waals surface area contributed by atoms with Gasteiger partial charge >= 0.3 is 0 Å². The molecule has 1 aromatic rings. The summed E-state index contributed by atoms with van der Waals surface area (Å²) in [5, 5.41) is 0.809. The van der Waals surface area contributed by atoms with Crippen LogP contribution in [0.4, 0.5) is 0 Å². The topological polar surface area (TPSA) is 22.9 Å². The van der Waals surface area contributed by atoms with Crippen LogP contribution < -0.4 is 9.64 Å². The van der Waals surface area contributed by atoms with Crippen LogP contribution in [-0.4, -0.2) is 39.5 Å². The average molecular weight is 341 g/mol. The fourth-order valence-corrected chi connectivity index (χ4v) is 3.83. The number of piperidine rings is 1. The molecular formula is C19H31ClNO2+. The van der Waals surface area contributed by atoms with Crippen molar-refractivity contribution in [1.29, 1.82) is 0 Å². The van der Waals surface area contributed by atoms with Gasteiger partial charge in [-0.05, 0) is 36.6 Å². The van der Waals surface area contributed by atoms with Crippen molar-refractivity contribution in [2.24, 2.45) is 11.8 Å². The van der Waals surface area contributed by atoms with Crippen LogP contribution in [0, 0.1) is 11.8 Å². The van der Waals surface area contributed by atoms with E-state index >= 15 is 0 Å². The van der Waals surface area contributed by atoms with E-state index in [0.29, 0.717) is 13.2 Å². The molecule has 1 heterocycles. The summed E-state index contributed by atoms with van der Waals surface area (Å²) in [6, 6.07) is 5.84. The molecule has 23 heavy (non-hydrogen) atoms. The summed E-state index contributed by atoms with van der Waals surface area (Å²) in [5.41, 5.74) is 1.13. The molecule has 0 saturated carbocycles. The molecule has 1 aliphatic rings. The van der Waals surface area contributed by atoms with Crippen molar-refractivity contribution in [3.05, 3.63) is 28.8 Å². The Morgan fingerprint density at radius 3 is 2.57 bits per heavy atom. The van der Waals surface area contributed by atoms with Crippen molar-refractivity contribution in [3.63, 3.8) is 0 Å². The number of rotatable bonds is 8. The molecule has 0 aliphatic carbocycles. The predicted molar refractivity (Wildman–Crippen MR) is 95.7 cm³/mol. The minimum atomic E-state index is 0.590. The Bertz CT molecular complexity index is 470. The Labute approximate surface area is 145 Å². The third-order valence-electron chi connectivity index (χ3n) is 4.57. The van der Waals surface area contributed by atoms with Crippen molar-refractivity contribution in [3.8, 4) is 5.75 Å². The number of halogens is 1. The van der Waals surface area contributed by atoms with Crippen molar-refractivity contribution < 1.29 is 14.4 Å². The first kappa shape index (κ1) is 18.6. The van der Waals surface area contributed by atoms with Crippen LogP contribution in [0.1, 0.15) is 32.8 Å². The van der Waals surface area contributed by atoms with Gasteiger partial charge in [-0.15, -0.1) is 0 Å². The van der Waals surface area contributed by atoms with E-state index in [1.165, 1.54) is 19.5 Å². The molecule has 0 aromatic heterocycles. The summed E-state index contributed by atoms with van der Waals surface area (Å²) in [4.78, 5) is 1.68. The number of quaternary nitrogens is 1. The van der Waals surface area contributed by atoms with Crippen LogP contribution in [0.25, 0.3) is 0 Å². The third-order valence-corrected chi connectivity index (χ3v) is 4.94. The molecule has 0 bridgehead atoms. The van der Waals surface area contributed by atoms with Gasteiger partial charge in [0.1, 0.15) is 18.9 Å². The van der Waals surface area contributed by atoms with E-state index in [0.717, 1.165) is 47.7 Å². The minimum Gasteiger partial charge on any atom is -0.491 e. The first-order valence-corrected chi connectivity index (χ1v) is 9.28. The largest absolute Gasteiger partial charge is 0.491 e. The number of hydrogen-bond donors (Lipinski definition) is 1. The van der Waals surface area contributed by atoms with Gasteiger partial charge in [-0.3, -0.25) is 0 Å². The molecule has 1 fully saturated rings. The molecular weight excluding hydrogens is 310 g/mol. The lowest BCUT2D eigenvalue weighted by atomic mass is 9.92. The molecule has 130 valence electrons. The normalized spacial score (nSPS) is 24.6. The maximum Gasteiger partial charge on any atom is 0.119 e. The van der Waals surface area contributed by atoms with E-state index in [4.69, 9.17) is 21.1 Å². The van der Waals surface area contributed by atoms with Gasteiger partial charge in [0, 0.05) is 16.9 Å². The molecule has 1 N–H and O–H groups in total. The second-order valence-electron chi connectivity index (χ2n) is 6.92. The number of likely N-dealkylation sites (tertiary alicyclic amines) is 1. The van der Waals surface area contributed by atoms with Gasteiger partial charge in [-0.25, -0.2) is 0 Å². The van der Waals surface area contributed by atoms with E-state index in [-0.39, 0.29) is 0 Å². The summed E-state index contributed by atoms with van der Waals surface area (Å²) in [6.07, 6.45) is 2.29. The van der Waals surface area contributed by atoms with Gasteiger partial charge in [0.2, 0.25) is 0 Å². The van der Waals surface area contributed by atoms with E-state index in [2.05, 4.69) is 20.8 Å². The number of benzene rings is 1. The first-order valence-electron chi connectivity index (χ1n) is 8.91. The molecule has 0 spiro atoms. The monoisotopic (exact) mass is 340 g/mol. The highest BCUT2D eigenvalue weighted by Crippen LogP contribution is 2.22. The van der Waals surface area contributed by atoms with Gasteiger partial charge in [-0.2, -0.15) is 0 Å². The van der Waals surface area contributed by atoms with Crippen LogP contribution in [0.15, 0.2) is 18.2 Å². The lowest BCUT2D eigenvalue weighted by Gasteiger charge is -2.31. The van der Waals surface area contributed by atoms with Gasteiger partial charge in [-0.1, -0.05) is 32.4 Å². The summed E-state index contributed by atoms with van der Waals surface area (Å²) in [6.45, 7) is 12.5. The molecule has 1 saturated heterocycles. The summed E-state index contributed by atoms with van der Waals surface area (Å²) < 4.78 is 11.5. The van der Waals surface area contributed by atoms with Gasteiger partial charge in [0.25, 0.3) is 0 Å². The van der Waals surface area contributed by atoms with Crippen molar-refractivity contribution in [2.75, 3.05) is 39.5 Å². The van der Waals surface area contributed by atoms with E-state index in [9.17, 15) is 0 Å². The Morgan fingerprint density at radius 1 is 1.13 bits per heavy atom. The van der Waals surface area contributed by atoms with Crippen molar-refractivity contribution >= 4 is 11.6 Å². The number of ether oxygens (including phenoxy) is 2. The molecule has 4 heteroatoms. The van der Waals surface area contributed by atoms with Crippen LogP contribution in [0.2, 0.25) is 5.02 Å². The number of nitrogens with one attached hydrogen (secondary N) is 1. The Hall–Kier alpha value is -0.770. The molecule has 0 radical (unpaired) electrons. The Kier molecular flexibility index (Phi) is 7.68. The van der Waals surface area contributed by atoms with Crippen molar-refractivity contribution in [1.82, 2.24) is 0 Å². The highest BCUT2D eigenvalue weighted by atomic mass is 35.5. The third kappa shape index (κ3) is 6.33. The van der Waals surface area contributed by atoms with Crippen LogP contribution >= 0.6 is 11.6 Å². The summed E-state index contributed by atoms with van der Waals surface area (Å²) in [7, 11) is 0. The zero-order chi connectivity index (χ0) is 16.7. The number of aryl methyl sites for hydroxylation is 1. The van der Waals surface area contributed by atoms with Gasteiger partial charge in [0.05, 0.1) is 26.3 Å². The highest BCUT2D eigenvalue weighted by Gasteiger charge is 2.24. The second-order valence-corrected chi connectivity index (χ2v) is 7.33. The fraction of sp³-hybridized carbons (Fsp3) is 0.684. The smallest absolute Gasteiger partial charge is 0.119 e. The maximum atomic E-state index is 6.11. The average Bonchev–Trinajstić information content (AvgIpc) is 2.51. The molecule has 2 rings (SSSR count). The van der Waals surface area contributed by atoms with Crippen LogP contribution in [-0.2, 0) is 11.2 Å². The summed E-state index contributed by atoms with van der Waals surface area (Å²) in [5.74, 6) is 2.56. The second kappa shape index (κ2) is 9.51. The van der Waals surface area contributed by atoms with Gasteiger partial charge in [0.15, 0.2) is 0 Å². The fourth-order valence-electron chi connectivity index (χ4n) is 3.58. The predicted octanol–water partition coefficient (Wildman–Crippen LogP) is 2.86. The van der Waals surface area contributed by atoms with E-state index < -0.39 is 0 Å². The van der Waals surface area contributed by atoms with E-state index in [1.807, 2.05) is 18.2 Å². The highest BCUT2D eigenvalue weighted by molar-refractivity contribution is 6.31. The first-order chi connectivity index (χ1) is 11.1. The molecule has 3 nitrogen and oxygen atoms in total. The minimum absolute atomic E-state index is 0.590. The Balaban J connectivity index is 1.59.